The Bertz CT molecular complexity index is 809. The smallest absolute Gasteiger partial charge is 0.255 e. The molecule has 4 nitrogen and oxygen atoms in total. The summed E-state index contributed by atoms with van der Waals surface area (Å²) in [6.07, 6.45) is 0.971. The van der Waals surface area contributed by atoms with Crippen LogP contribution in [0.1, 0.15) is 36.7 Å². The normalized spacial score (nSPS) is 11.5. The van der Waals surface area contributed by atoms with E-state index in [1.165, 1.54) is 17.7 Å². The van der Waals surface area contributed by atoms with E-state index in [1.54, 1.807) is 31.2 Å². The van der Waals surface area contributed by atoms with Gasteiger partial charge < -0.3 is 5.32 Å². The van der Waals surface area contributed by atoms with Crippen molar-refractivity contribution < 1.29 is 13.2 Å². The van der Waals surface area contributed by atoms with Crippen LogP contribution >= 0.6 is 0 Å². The lowest BCUT2D eigenvalue weighted by Gasteiger charge is -2.09. The average molecular weight is 345 g/mol. The molecule has 0 saturated carbocycles. The van der Waals surface area contributed by atoms with Crippen molar-refractivity contribution in [1.29, 1.82) is 0 Å². The monoisotopic (exact) mass is 345 g/mol. The SMILES string of the molecule is CCS(=O)(=O)c1cccc(NC(=O)c2ccc(CC(C)C)cc2)c1. The fourth-order valence-corrected chi connectivity index (χ4v) is 3.33. The van der Waals surface area contributed by atoms with Gasteiger partial charge >= 0.3 is 0 Å². The van der Waals surface area contributed by atoms with Crippen LogP contribution < -0.4 is 5.32 Å². The molecule has 0 unspecified atom stereocenters. The molecule has 0 heterocycles. The molecule has 24 heavy (non-hydrogen) atoms. The van der Waals surface area contributed by atoms with Gasteiger partial charge in [-0.15, -0.1) is 0 Å². The van der Waals surface area contributed by atoms with Crippen LogP contribution in [-0.2, 0) is 16.3 Å². The highest BCUT2D eigenvalue weighted by Crippen LogP contribution is 2.18. The van der Waals surface area contributed by atoms with E-state index in [-0.39, 0.29) is 16.6 Å². The van der Waals surface area contributed by atoms with E-state index in [0.29, 0.717) is 17.2 Å². The average Bonchev–Trinajstić information content (AvgIpc) is 2.55. The van der Waals surface area contributed by atoms with Gasteiger partial charge in [0, 0.05) is 11.3 Å². The molecule has 2 aromatic carbocycles. The van der Waals surface area contributed by atoms with Gasteiger partial charge in [-0.05, 0) is 48.2 Å². The van der Waals surface area contributed by atoms with Gasteiger partial charge in [0.25, 0.3) is 5.91 Å². The van der Waals surface area contributed by atoms with Crippen molar-refractivity contribution in [3.05, 3.63) is 59.7 Å². The molecule has 0 atom stereocenters. The van der Waals surface area contributed by atoms with E-state index in [2.05, 4.69) is 19.2 Å². The number of nitrogens with one attached hydrogen (secondary N) is 1. The molecule has 1 N–H and O–H groups in total. The molecule has 0 aliphatic rings. The third kappa shape index (κ3) is 4.68. The summed E-state index contributed by atoms with van der Waals surface area (Å²) in [5.74, 6) is 0.340. The first-order valence-corrected chi connectivity index (χ1v) is 9.70. The van der Waals surface area contributed by atoms with Crippen molar-refractivity contribution in [1.82, 2.24) is 0 Å². The second-order valence-electron chi connectivity index (χ2n) is 6.18. The van der Waals surface area contributed by atoms with Crippen molar-refractivity contribution in [2.45, 2.75) is 32.1 Å². The van der Waals surface area contributed by atoms with Crippen molar-refractivity contribution in [2.75, 3.05) is 11.1 Å². The molecule has 0 bridgehead atoms. The van der Waals surface area contributed by atoms with Gasteiger partial charge in [-0.25, -0.2) is 8.42 Å². The zero-order valence-electron chi connectivity index (χ0n) is 14.2. The quantitative estimate of drug-likeness (QED) is 0.863. The van der Waals surface area contributed by atoms with E-state index in [9.17, 15) is 13.2 Å². The number of carbonyl (C=O) groups is 1. The van der Waals surface area contributed by atoms with Crippen molar-refractivity contribution in [3.63, 3.8) is 0 Å². The second kappa shape index (κ2) is 7.62. The Balaban J connectivity index is 2.14. The first kappa shape index (κ1) is 18.2. The standard InChI is InChI=1S/C19H23NO3S/c1-4-24(22,23)18-7-5-6-17(13-18)20-19(21)16-10-8-15(9-11-16)12-14(2)3/h5-11,13-14H,4,12H2,1-3H3,(H,20,21). The summed E-state index contributed by atoms with van der Waals surface area (Å²) in [5.41, 5.74) is 2.21. The highest BCUT2D eigenvalue weighted by molar-refractivity contribution is 7.91. The lowest BCUT2D eigenvalue weighted by Crippen LogP contribution is -2.12. The van der Waals surface area contributed by atoms with Crippen LogP contribution in [0.25, 0.3) is 0 Å². The maximum Gasteiger partial charge on any atom is 0.255 e. The Kier molecular flexibility index (Phi) is 5.78. The molecule has 0 saturated heterocycles. The summed E-state index contributed by atoms with van der Waals surface area (Å²) in [7, 11) is -3.29. The van der Waals surface area contributed by atoms with Gasteiger partial charge in [-0.3, -0.25) is 4.79 Å². The van der Waals surface area contributed by atoms with Crippen molar-refractivity contribution in [2.24, 2.45) is 5.92 Å². The molecule has 5 heteroatoms. The number of benzene rings is 2. The first-order valence-electron chi connectivity index (χ1n) is 8.05. The third-order valence-corrected chi connectivity index (χ3v) is 5.42. The molecule has 0 aliphatic heterocycles. The highest BCUT2D eigenvalue weighted by Gasteiger charge is 2.13. The van der Waals surface area contributed by atoms with Crippen LogP contribution in [0.2, 0.25) is 0 Å². The summed E-state index contributed by atoms with van der Waals surface area (Å²) < 4.78 is 23.8. The molecular formula is C19H23NO3S. The van der Waals surface area contributed by atoms with Gasteiger partial charge in [0.15, 0.2) is 9.84 Å². The van der Waals surface area contributed by atoms with Gasteiger partial charge in [0.05, 0.1) is 10.6 Å². The summed E-state index contributed by atoms with van der Waals surface area (Å²) >= 11 is 0. The van der Waals surface area contributed by atoms with Gasteiger partial charge in [-0.2, -0.15) is 0 Å². The lowest BCUT2D eigenvalue weighted by atomic mass is 10.0. The van der Waals surface area contributed by atoms with Gasteiger partial charge in [0.1, 0.15) is 0 Å². The molecule has 1 amide bonds. The number of rotatable bonds is 6. The largest absolute Gasteiger partial charge is 0.322 e. The number of sulfone groups is 1. The van der Waals surface area contributed by atoms with Crippen molar-refractivity contribution in [3.8, 4) is 0 Å². The highest BCUT2D eigenvalue weighted by atomic mass is 32.2. The molecule has 0 fully saturated rings. The van der Waals surface area contributed by atoms with E-state index in [0.717, 1.165) is 6.42 Å². The Labute approximate surface area is 143 Å². The van der Waals surface area contributed by atoms with Gasteiger partial charge in [-0.1, -0.05) is 39.0 Å². The second-order valence-corrected chi connectivity index (χ2v) is 8.46. The molecule has 0 aliphatic carbocycles. The minimum absolute atomic E-state index is 0.0295. The first-order chi connectivity index (χ1) is 11.3. The minimum Gasteiger partial charge on any atom is -0.322 e. The molecule has 0 radical (unpaired) electrons. The number of anilines is 1. The Morgan fingerprint density at radius 2 is 1.75 bits per heavy atom. The maximum atomic E-state index is 12.3. The van der Waals surface area contributed by atoms with Crippen LogP contribution in [0, 0.1) is 5.92 Å². The molecule has 0 aromatic heterocycles. The van der Waals surface area contributed by atoms with Crippen LogP contribution in [0.4, 0.5) is 5.69 Å². The van der Waals surface area contributed by atoms with Gasteiger partial charge in [0.2, 0.25) is 0 Å². The summed E-state index contributed by atoms with van der Waals surface area (Å²) in [5, 5.41) is 2.75. The zero-order valence-corrected chi connectivity index (χ0v) is 15.1. The maximum absolute atomic E-state index is 12.3. The van der Waals surface area contributed by atoms with E-state index in [1.807, 2.05) is 12.1 Å². The van der Waals surface area contributed by atoms with Crippen LogP contribution in [0.3, 0.4) is 0 Å². The molecular weight excluding hydrogens is 322 g/mol. The number of amides is 1. The summed E-state index contributed by atoms with van der Waals surface area (Å²) in [6, 6.07) is 13.8. The van der Waals surface area contributed by atoms with Crippen molar-refractivity contribution >= 4 is 21.4 Å². The molecule has 0 spiro atoms. The fourth-order valence-electron chi connectivity index (χ4n) is 2.40. The topological polar surface area (TPSA) is 63.2 Å². The molecule has 2 rings (SSSR count). The van der Waals surface area contributed by atoms with E-state index >= 15 is 0 Å². The Morgan fingerprint density at radius 1 is 1.08 bits per heavy atom. The Hall–Kier alpha value is -2.14. The minimum atomic E-state index is -3.29. The van der Waals surface area contributed by atoms with Crippen LogP contribution in [-0.4, -0.2) is 20.1 Å². The lowest BCUT2D eigenvalue weighted by molar-refractivity contribution is 0.102. The van der Waals surface area contributed by atoms with E-state index in [4.69, 9.17) is 0 Å². The van der Waals surface area contributed by atoms with Crippen LogP contribution in [0.5, 0.6) is 0 Å². The third-order valence-electron chi connectivity index (χ3n) is 3.69. The van der Waals surface area contributed by atoms with Crippen LogP contribution in [0.15, 0.2) is 53.4 Å². The molecule has 128 valence electrons. The summed E-state index contributed by atoms with van der Waals surface area (Å²) in [4.78, 5) is 12.5. The fraction of sp³-hybridized carbons (Fsp3) is 0.316. The summed E-state index contributed by atoms with van der Waals surface area (Å²) in [6.45, 7) is 5.90. The number of carbonyl (C=O) groups excluding carboxylic acids is 1. The predicted molar refractivity (Wildman–Crippen MR) is 97.1 cm³/mol. The molecule has 2 aromatic rings. The number of hydrogen-bond donors (Lipinski definition) is 1. The predicted octanol–water partition coefficient (Wildman–Crippen LogP) is 3.93. The number of hydrogen-bond acceptors (Lipinski definition) is 3. The van der Waals surface area contributed by atoms with E-state index < -0.39 is 9.84 Å². The Morgan fingerprint density at radius 3 is 2.33 bits per heavy atom. The zero-order chi connectivity index (χ0) is 17.7.